The van der Waals surface area contributed by atoms with Crippen LogP contribution in [-0.4, -0.2) is 33.3 Å². The summed E-state index contributed by atoms with van der Waals surface area (Å²) < 4.78 is 0. The van der Waals surface area contributed by atoms with E-state index in [0.29, 0.717) is 5.65 Å². The molecule has 0 saturated heterocycles. The fourth-order valence-electron chi connectivity index (χ4n) is 1.72. The van der Waals surface area contributed by atoms with Crippen molar-refractivity contribution in [3.05, 3.63) is 11.5 Å². The molecule has 0 amide bonds. The van der Waals surface area contributed by atoms with E-state index in [1.54, 1.807) is 6.20 Å². The van der Waals surface area contributed by atoms with Crippen LogP contribution in [0.15, 0.2) is 6.20 Å². The number of fused-ring (bicyclic) bond motifs is 1. The standard InChI is InChI=1S/C10H14ClN5/c1-3-5-16(4-2)9-7-6-12-15-8(7)13-10(11)14-9/h6H,3-5H2,1-2H3,(H,12,13,14,15). The second-order valence-electron chi connectivity index (χ2n) is 3.53. The van der Waals surface area contributed by atoms with Gasteiger partial charge in [0.2, 0.25) is 5.28 Å². The Morgan fingerprint density at radius 1 is 1.38 bits per heavy atom. The van der Waals surface area contributed by atoms with Gasteiger partial charge in [0.1, 0.15) is 5.82 Å². The van der Waals surface area contributed by atoms with Crippen molar-refractivity contribution in [2.45, 2.75) is 20.3 Å². The van der Waals surface area contributed by atoms with Gasteiger partial charge in [0.05, 0.1) is 11.6 Å². The first-order chi connectivity index (χ1) is 7.76. The fraction of sp³-hybridized carbons (Fsp3) is 0.500. The topological polar surface area (TPSA) is 57.7 Å². The first-order valence-corrected chi connectivity index (χ1v) is 5.75. The number of anilines is 1. The average Bonchev–Trinajstić information content (AvgIpc) is 2.72. The Labute approximate surface area is 98.8 Å². The minimum absolute atomic E-state index is 0.251. The van der Waals surface area contributed by atoms with E-state index < -0.39 is 0 Å². The summed E-state index contributed by atoms with van der Waals surface area (Å²) in [5, 5.41) is 7.94. The average molecular weight is 240 g/mol. The van der Waals surface area contributed by atoms with Crippen LogP contribution in [0.25, 0.3) is 11.0 Å². The largest absolute Gasteiger partial charge is 0.356 e. The molecule has 1 N–H and O–H groups in total. The highest BCUT2D eigenvalue weighted by molar-refractivity contribution is 6.28. The van der Waals surface area contributed by atoms with Gasteiger partial charge in [0.25, 0.3) is 0 Å². The molecule has 86 valence electrons. The molecule has 2 rings (SSSR count). The van der Waals surface area contributed by atoms with Crippen LogP contribution >= 0.6 is 11.6 Å². The summed E-state index contributed by atoms with van der Waals surface area (Å²) in [6.07, 6.45) is 2.80. The molecule has 0 radical (unpaired) electrons. The normalized spacial score (nSPS) is 10.9. The molecule has 0 saturated carbocycles. The molecule has 0 spiro atoms. The van der Waals surface area contributed by atoms with E-state index in [0.717, 1.165) is 30.7 Å². The quantitative estimate of drug-likeness (QED) is 0.832. The smallest absolute Gasteiger partial charge is 0.226 e. The molecule has 0 bridgehead atoms. The molecule has 0 aliphatic carbocycles. The van der Waals surface area contributed by atoms with Crippen LogP contribution < -0.4 is 4.90 Å². The summed E-state index contributed by atoms with van der Waals surface area (Å²) in [5.41, 5.74) is 0.685. The van der Waals surface area contributed by atoms with Gasteiger partial charge >= 0.3 is 0 Å². The van der Waals surface area contributed by atoms with Crippen LogP contribution in [0.5, 0.6) is 0 Å². The van der Waals surface area contributed by atoms with Crippen molar-refractivity contribution in [3.63, 3.8) is 0 Å². The van der Waals surface area contributed by atoms with Crippen LogP contribution in [0.2, 0.25) is 5.28 Å². The second kappa shape index (κ2) is 4.65. The highest BCUT2D eigenvalue weighted by atomic mass is 35.5. The first-order valence-electron chi connectivity index (χ1n) is 5.37. The minimum Gasteiger partial charge on any atom is -0.356 e. The van der Waals surface area contributed by atoms with Gasteiger partial charge in [-0.2, -0.15) is 15.1 Å². The van der Waals surface area contributed by atoms with Gasteiger partial charge in [-0.15, -0.1) is 0 Å². The minimum atomic E-state index is 0.251. The van der Waals surface area contributed by atoms with Crippen LogP contribution in [0, 0.1) is 0 Å². The highest BCUT2D eigenvalue weighted by Gasteiger charge is 2.13. The third-order valence-electron chi connectivity index (χ3n) is 2.44. The number of nitrogens with one attached hydrogen (secondary N) is 1. The predicted molar refractivity (Wildman–Crippen MR) is 64.9 cm³/mol. The lowest BCUT2D eigenvalue weighted by Crippen LogP contribution is -2.24. The lowest BCUT2D eigenvalue weighted by Gasteiger charge is -2.21. The molecular weight excluding hydrogens is 226 g/mol. The van der Waals surface area contributed by atoms with Crippen molar-refractivity contribution >= 4 is 28.5 Å². The molecule has 2 aromatic rings. The number of nitrogens with zero attached hydrogens (tertiary/aromatic N) is 4. The third kappa shape index (κ3) is 1.95. The highest BCUT2D eigenvalue weighted by Crippen LogP contribution is 2.23. The number of rotatable bonds is 4. The maximum absolute atomic E-state index is 5.89. The van der Waals surface area contributed by atoms with E-state index in [1.807, 2.05) is 0 Å². The van der Waals surface area contributed by atoms with Gasteiger partial charge in [0, 0.05) is 13.1 Å². The fourth-order valence-corrected chi connectivity index (χ4v) is 1.88. The molecule has 0 fully saturated rings. The summed E-state index contributed by atoms with van der Waals surface area (Å²) in [5.74, 6) is 0.855. The van der Waals surface area contributed by atoms with Crippen LogP contribution in [0.1, 0.15) is 20.3 Å². The SMILES string of the molecule is CCCN(CC)c1nc(Cl)nc2[nH]ncc12. The van der Waals surface area contributed by atoms with E-state index >= 15 is 0 Å². The van der Waals surface area contributed by atoms with E-state index in [4.69, 9.17) is 11.6 Å². The zero-order chi connectivity index (χ0) is 11.5. The Balaban J connectivity index is 2.52. The van der Waals surface area contributed by atoms with E-state index in [1.165, 1.54) is 0 Å². The summed E-state index contributed by atoms with van der Waals surface area (Å²) in [7, 11) is 0. The predicted octanol–water partition coefficient (Wildman–Crippen LogP) is 2.24. The van der Waals surface area contributed by atoms with Crippen molar-refractivity contribution in [2.24, 2.45) is 0 Å². The van der Waals surface area contributed by atoms with Crippen molar-refractivity contribution in [1.29, 1.82) is 0 Å². The Kier molecular flexibility index (Phi) is 3.24. The number of hydrogen-bond acceptors (Lipinski definition) is 4. The zero-order valence-corrected chi connectivity index (χ0v) is 10.1. The summed E-state index contributed by atoms with van der Waals surface area (Å²) >= 11 is 5.89. The molecule has 5 nitrogen and oxygen atoms in total. The molecule has 0 aromatic carbocycles. The lowest BCUT2D eigenvalue weighted by molar-refractivity contribution is 0.781. The molecular formula is C10H14ClN5. The van der Waals surface area contributed by atoms with Gasteiger partial charge in [-0.25, -0.2) is 0 Å². The molecule has 6 heteroatoms. The number of H-pyrrole nitrogens is 1. The van der Waals surface area contributed by atoms with Gasteiger partial charge in [-0.3, -0.25) is 5.10 Å². The summed E-state index contributed by atoms with van der Waals surface area (Å²) in [6, 6.07) is 0. The number of halogens is 1. The summed E-state index contributed by atoms with van der Waals surface area (Å²) in [6.45, 7) is 6.07. The maximum Gasteiger partial charge on any atom is 0.226 e. The lowest BCUT2D eigenvalue weighted by atomic mass is 10.3. The molecule has 0 aliphatic heterocycles. The van der Waals surface area contributed by atoms with Crippen LogP contribution in [-0.2, 0) is 0 Å². The zero-order valence-electron chi connectivity index (χ0n) is 9.37. The molecule has 0 aliphatic rings. The van der Waals surface area contributed by atoms with E-state index in [9.17, 15) is 0 Å². The van der Waals surface area contributed by atoms with Gasteiger partial charge < -0.3 is 4.90 Å². The molecule has 0 unspecified atom stereocenters. The molecule has 16 heavy (non-hydrogen) atoms. The molecule has 0 atom stereocenters. The van der Waals surface area contributed by atoms with Crippen molar-refractivity contribution in [3.8, 4) is 0 Å². The third-order valence-corrected chi connectivity index (χ3v) is 2.61. The van der Waals surface area contributed by atoms with Gasteiger partial charge in [-0.05, 0) is 24.9 Å². The number of aromatic amines is 1. The Morgan fingerprint density at radius 3 is 2.88 bits per heavy atom. The van der Waals surface area contributed by atoms with E-state index in [2.05, 4.69) is 38.9 Å². The van der Waals surface area contributed by atoms with E-state index in [-0.39, 0.29) is 5.28 Å². The second-order valence-corrected chi connectivity index (χ2v) is 3.87. The molecule has 2 aromatic heterocycles. The van der Waals surface area contributed by atoms with Crippen LogP contribution in [0.3, 0.4) is 0 Å². The summed E-state index contributed by atoms with van der Waals surface area (Å²) in [4.78, 5) is 10.5. The Morgan fingerprint density at radius 2 is 2.19 bits per heavy atom. The van der Waals surface area contributed by atoms with Crippen molar-refractivity contribution in [1.82, 2.24) is 20.2 Å². The van der Waals surface area contributed by atoms with Gasteiger partial charge in [-0.1, -0.05) is 6.92 Å². The molecule has 2 heterocycles. The van der Waals surface area contributed by atoms with Crippen molar-refractivity contribution in [2.75, 3.05) is 18.0 Å². The number of aromatic nitrogens is 4. The van der Waals surface area contributed by atoms with Gasteiger partial charge in [0.15, 0.2) is 5.65 Å². The Bertz CT molecular complexity index is 481. The maximum atomic E-state index is 5.89. The Hall–Kier alpha value is -1.36. The monoisotopic (exact) mass is 239 g/mol. The van der Waals surface area contributed by atoms with Crippen LogP contribution in [0.4, 0.5) is 5.82 Å². The first kappa shape index (κ1) is 11.1. The van der Waals surface area contributed by atoms with Crippen molar-refractivity contribution < 1.29 is 0 Å². The number of hydrogen-bond donors (Lipinski definition) is 1.